The van der Waals surface area contributed by atoms with Gasteiger partial charge in [-0.1, -0.05) is 6.07 Å². The molecule has 2 atom stereocenters. The van der Waals surface area contributed by atoms with E-state index in [1.54, 1.807) is 16.6 Å². The number of aromatic nitrogens is 3. The highest BCUT2D eigenvalue weighted by atomic mass is 32.2. The molecule has 0 spiro atoms. The molecule has 2 aromatic heterocycles. The van der Waals surface area contributed by atoms with Crippen molar-refractivity contribution in [2.75, 3.05) is 26.0 Å². The summed E-state index contributed by atoms with van der Waals surface area (Å²) in [6, 6.07) is 6.38. The van der Waals surface area contributed by atoms with Gasteiger partial charge in [0.25, 0.3) is 5.91 Å². The van der Waals surface area contributed by atoms with Crippen molar-refractivity contribution in [1.82, 2.24) is 24.4 Å². The Morgan fingerprint density at radius 3 is 2.72 bits per heavy atom. The lowest BCUT2D eigenvalue weighted by atomic mass is 9.82. The van der Waals surface area contributed by atoms with Crippen LogP contribution in [0.4, 0.5) is 0 Å². The van der Waals surface area contributed by atoms with Crippen LogP contribution in [0.25, 0.3) is 10.9 Å². The Morgan fingerprint density at radius 2 is 2.00 bits per heavy atom. The van der Waals surface area contributed by atoms with Crippen molar-refractivity contribution in [3.8, 4) is 0 Å². The highest BCUT2D eigenvalue weighted by Crippen LogP contribution is 2.35. The predicted molar refractivity (Wildman–Crippen MR) is 140 cm³/mol. The number of likely N-dealkylation sites (tertiary alicyclic amines) is 1. The zero-order valence-corrected chi connectivity index (χ0v) is 22.3. The zero-order chi connectivity index (χ0) is 25.3. The van der Waals surface area contributed by atoms with Crippen LogP contribution in [0.1, 0.15) is 53.3 Å². The second-order valence-electron chi connectivity index (χ2n) is 10.1. The van der Waals surface area contributed by atoms with Crippen molar-refractivity contribution in [2.45, 2.75) is 50.2 Å². The number of carbonyl (C=O) groups is 1. The van der Waals surface area contributed by atoms with E-state index in [0.29, 0.717) is 36.9 Å². The molecule has 1 aliphatic carbocycles. The molecule has 11 heteroatoms. The fourth-order valence-electron chi connectivity index (χ4n) is 5.55. The number of benzene rings is 1. The summed E-state index contributed by atoms with van der Waals surface area (Å²) >= 11 is 1.32. The van der Waals surface area contributed by atoms with Gasteiger partial charge in [-0.2, -0.15) is 5.10 Å². The van der Waals surface area contributed by atoms with Crippen LogP contribution in [-0.4, -0.2) is 72.1 Å². The van der Waals surface area contributed by atoms with Crippen molar-refractivity contribution >= 4 is 38.2 Å². The highest BCUT2D eigenvalue weighted by molar-refractivity contribution is 7.88. The Kier molecular flexibility index (Phi) is 7.43. The van der Waals surface area contributed by atoms with Gasteiger partial charge < -0.3 is 9.64 Å². The Morgan fingerprint density at radius 1 is 1.19 bits per heavy atom. The average molecular weight is 532 g/mol. The molecular formula is C25H33N5O4S2. The summed E-state index contributed by atoms with van der Waals surface area (Å²) in [5, 5.41) is 5.52. The molecule has 0 unspecified atom stereocenters. The maximum atomic E-state index is 12.9. The molecule has 1 saturated heterocycles. The van der Waals surface area contributed by atoms with Crippen LogP contribution in [0.2, 0.25) is 0 Å². The first kappa shape index (κ1) is 25.3. The van der Waals surface area contributed by atoms with Crippen LogP contribution >= 0.6 is 11.3 Å². The monoisotopic (exact) mass is 531 g/mol. The number of hydrogen-bond donors (Lipinski definition) is 1. The third-order valence-electron chi connectivity index (χ3n) is 7.49. The van der Waals surface area contributed by atoms with E-state index in [1.165, 1.54) is 28.5 Å². The van der Waals surface area contributed by atoms with Crippen LogP contribution < -0.4 is 4.72 Å². The SMILES string of the molecule is Cn1ncc2cc(C3CCC(OC[C@@H]4CN(C(=O)c5cncs5)CC[C@@H]4NS(C)(=O)=O)CC3)ccc21. The van der Waals surface area contributed by atoms with Crippen molar-refractivity contribution in [3.05, 3.63) is 46.5 Å². The van der Waals surface area contributed by atoms with Crippen molar-refractivity contribution in [3.63, 3.8) is 0 Å². The summed E-state index contributed by atoms with van der Waals surface area (Å²) in [4.78, 5) is 19.3. The molecule has 5 rings (SSSR count). The molecule has 1 amide bonds. The molecule has 1 saturated carbocycles. The second-order valence-corrected chi connectivity index (χ2v) is 12.7. The van der Waals surface area contributed by atoms with E-state index in [1.807, 2.05) is 17.9 Å². The number of nitrogens with one attached hydrogen (secondary N) is 1. The van der Waals surface area contributed by atoms with Crippen LogP contribution in [0.5, 0.6) is 0 Å². The molecule has 3 aromatic rings. The summed E-state index contributed by atoms with van der Waals surface area (Å²) < 4.78 is 34.9. The summed E-state index contributed by atoms with van der Waals surface area (Å²) in [5.74, 6) is 0.360. The third kappa shape index (κ3) is 5.80. The molecule has 2 aliphatic rings. The first-order chi connectivity index (χ1) is 17.3. The number of carbonyl (C=O) groups excluding carboxylic acids is 1. The smallest absolute Gasteiger partial charge is 0.265 e. The fourth-order valence-corrected chi connectivity index (χ4v) is 7.00. The highest BCUT2D eigenvalue weighted by Gasteiger charge is 2.35. The number of rotatable bonds is 7. The molecule has 3 heterocycles. The molecule has 1 aromatic carbocycles. The van der Waals surface area contributed by atoms with E-state index < -0.39 is 10.0 Å². The molecule has 194 valence electrons. The Balaban J connectivity index is 1.18. The van der Waals surface area contributed by atoms with Gasteiger partial charge in [-0.3, -0.25) is 14.5 Å². The number of aryl methyl sites for hydroxylation is 1. The van der Waals surface area contributed by atoms with E-state index in [2.05, 4.69) is 33.0 Å². The number of sulfonamides is 1. The predicted octanol–water partition coefficient (Wildman–Crippen LogP) is 3.15. The molecule has 2 fully saturated rings. The molecule has 1 N–H and O–H groups in total. The lowest BCUT2D eigenvalue weighted by molar-refractivity contribution is -0.0149. The fraction of sp³-hybridized carbons (Fsp3) is 0.560. The minimum Gasteiger partial charge on any atom is -0.378 e. The van der Waals surface area contributed by atoms with Crippen molar-refractivity contribution in [1.29, 1.82) is 0 Å². The molecule has 36 heavy (non-hydrogen) atoms. The van der Waals surface area contributed by atoms with Gasteiger partial charge in [0.05, 0.1) is 42.4 Å². The maximum Gasteiger partial charge on any atom is 0.265 e. The Labute approximate surface area is 215 Å². The van der Waals surface area contributed by atoms with Gasteiger partial charge in [0.15, 0.2) is 0 Å². The maximum absolute atomic E-state index is 12.9. The number of thiazole rings is 1. The summed E-state index contributed by atoms with van der Waals surface area (Å²) in [6.45, 7) is 1.40. The van der Waals surface area contributed by atoms with E-state index >= 15 is 0 Å². The Hall–Kier alpha value is -2.34. The van der Waals surface area contributed by atoms with Gasteiger partial charge in [0, 0.05) is 37.5 Å². The normalized spacial score (nSPS) is 25.3. The molecular weight excluding hydrogens is 498 g/mol. The molecule has 1 aliphatic heterocycles. The third-order valence-corrected chi connectivity index (χ3v) is 8.98. The minimum atomic E-state index is -3.36. The number of piperidine rings is 1. The van der Waals surface area contributed by atoms with E-state index in [4.69, 9.17) is 4.74 Å². The molecule has 0 bridgehead atoms. The van der Waals surface area contributed by atoms with Crippen LogP contribution in [0.15, 0.2) is 36.1 Å². The van der Waals surface area contributed by atoms with Crippen LogP contribution in [-0.2, 0) is 21.8 Å². The van der Waals surface area contributed by atoms with Crippen LogP contribution in [0, 0.1) is 5.92 Å². The molecule has 0 radical (unpaired) electrons. The second kappa shape index (κ2) is 10.6. The standard InChI is InChI=1S/C25H33N5O4S2/c1-29-23-8-5-18(11-19(23)12-27-29)17-3-6-21(7-4-17)34-15-20-14-30(25(31)24-13-26-16-35-24)10-9-22(20)28-36(2,32)33/h5,8,11-13,16-17,20-22,28H,3-4,6-7,9-10,14-15H2,1-2H3/t17?,20-,21?,22-/m0/s1. The van der Waals surface area contributed by atoms with Gasteiger partial charge in [-0.25, -0.2) is 13.1 Å². The molecule has 9 nitrogen and oxygen atoms in total. The van der Waals surface area contributed by atoms with Gasteiger partial charge >= 0.3 is 0 Å². The van der Waals surface area contributed by atoms with E-state index in [9.17, 15) is 13.2 Å². The number of ether oxygens (including phenoxy) is 1. The largest absolute Gasteiger partial charge is 0.378 e. The first-order valence-corrected chi connectivity index (χ1v) is 15.2. The number of nitrogens with zero attached hydrogens (tertiary/aromatic N) is 4. The van der Waals surface area contributed by atoms with E-state index in [-0.39, 0.29) is 24.0 Å². The van der Waals surface area contributed by atoms with Crippen molar-refractivity contribution in [2.24, 2.45) is 13.0 Å². The minimum absolute atomic E-state index is 0.0496. The Bertz CT molecular complexity index is 1300. The topological polar surface area (TPSA) is 106 Å². The van der Waals surface area contributed by atoms with E-state index in [0.717, 1.165) is 31.2 Å². The number of fused-ring (bicyclic) bond motifs is 1. The number of hydrogen-bond acceptors (Lipinski definition) is 7. The average Bonchev–Trinajstić information content (AvgIpc) is 3.53. The van der Waals surface area contributed by atoms with Gasteiger partial charge in [-0.15, -0.1) is 11.3 Å². The van der Waals surface area contributed by atoms with Gasteiger partial charge in [-0.05, 0) is 55.7 Å². The lowest BCUT2D eigenvalue weighted by Gasteiger charge is -2.39. The first-order valence-electron chi connectivity index (χ1n) is 12.4. The van der Waals surface area contributed by atoms with Crippen LogP contribution in [0.3, 0.4) is 0 Å². The zero-order valence-electron chi connectivity index (χ0n) is 20.7. The summed E-state index contributed by atoms with van der Waals surface area (Å²) in [6.07, 6.45) is 9.45. The summed E-state index contributed by atoms with van der Waals surface area (Å²) in [7, 11) is -1.40. The van der Waals surface area contributed by atoms with Crippen molar-refractivity contribution < 1.29 is 17.9 Å². The number of amides is 1. The summed E-state index contributed by atoms with van der Waals surface area (Å²) in [5.41, 5.74) is 4.15. The van der Waals surface area contributed by atoms with Gasteiger partial charge in [0.1, 0.15) is 4.88 Å². The quantitative estimate of drug-likeness (QED) is 0.502. The van der Waals surface area contributed by atoms with Gasteiger partial charge in [0.2, 0.25) is 10.0 Å². The lowest BCUT2D eigenvalue weighted by Crippen LogP contribution is -2.53.